The smallest absolute Gasteiger partial charge is 0.231 e. The fourth-order valence-corrected chi connectivity index (χ4v) is 2.47. The summed E-state index contributed by atoms with van der Waals surface area (Å²) < 4.78 is 10.6. The van der Waals surface area contributed by atoms with Crippen molar-refractivity contribution in [2.75, 3.05) is 32.2 Å². The lowest BCUT2D eigenvalue weighted by atomic mass is 10.0. The van der Waals surface area contributed by atoms with Gasteiger partial charge in [-0.25, -0.2) is 0 Å². The first-order chi connectivity index (χ1) is 10.2. The minimum Gasteiger partial charge on any atom is -0.497 e. The van der Waals surface area contributed by atoms with Crippen LogP contribution in [-0.4, -0.2) is 38.8 Å². The number of hydrogen-bond donors (Lipinski definition) is 2. The third-order valence-electron chi connectivity index (χ3n) is 3.77. The van der Waals surface area contributed by atoms with E-state index in [9.17, 15) is 4.79 Å². The van der Waals surface area contributed by atoms with E-state index >= 15 is 0 Å². The second kappa shape index (κ2) is 7.43. The highest BCUT2D eigenvalue weighted by Crippen LogP contribution is 2.23. The minimum atomic E-state index is -0.141. The van der Waals surface area contributed by atoms with Crippen LogP contribution in [0.3, 0.4) is 0 Å². The number of carbonyl (C=O) groups is 1. The molecule has 1 aromatic carbocycles. The Labute approximate surface area is 126 Å². The predicted molar refractivity (Wildman–Crippen MR) is 82.8 cm³/mol. The van der Waals surface area contributed by atoms with E-state index in [0.29, 0.717) is 13.2 Å². The summed E-state index contributed by atoms with van der Waals surface area (Å²) in [5.74, 6) is 0.657. The summed E-state index contributed by atoms with van der Waals surface area (Å²) in [6.45, 7) is 6.04. The SMILES string of the molecule is CCCNC1COCC1C(=O)Nc1ccc(OC)cc1C. The summed E-state index contributed by atoms with van der Waals surface area (Å²) >= 11 is 0. The van der Waals surface area contributed by atoms with Crippen molar-refractivity contribution in [3.05, 3.63) is 23.8 Å². The molecule has 5 heteroatoms. The van der Waals surface area contributed by atoms with E-state index in [1.807, 2.05) is 25.1 Å². The van der Waals surface area contributed by atoms with E-state index in [0.717, 1.165) is 30.0 Å². The number of ether oxygens (including phenoxy) is 2. The molecule has 1 fully saturated rings. The highest BCUT2D eigenvalue weighted by Gasteiger charge is 2.33. The standard InChI is InChI=1S/C16H24N2O3/c1-4-7-17-15-10-21-9-13(15)16(19)18-14-6-5-12(20-3)8-11(14)2/h5-6,8,13,15,17H,4,7,9-10H2,1-3H3,(H,18,19). The Morgan fingerprint density at radius 2 is 2.24 bits per heavy atom. The summed E-state index contributed by atoms with van der Waals surface area (Å²) in [6.07, 6.45) is 1.04. The maximum atomic E-state index is 12.4. The van der Waals surface area contributed by atoms with Gasteiger partial charge in [0.1, 0.15) is 5.75 Å². The molecule has 1 aromatic rings. The van der Waals surface area contributed by atoms with E-state index in [4.69, 9.17) is 9.47 Å². The molecule has 1 aliphatic heterocycles. The molecule has 2 atom stereocenters. The molecule has 2 rings (SSSR count). The molecule has 0 spiro atoms. The van der Waals surface area contributed by atoms with Crippen LogP contribution in [0.4, 0.5) is 5.69 Å². The topological polar surface area (TPSA) is 59.6 Å². The van der Waals surface area contributed by atoms with Gasteiger partial charge in [0, 0.05) is 11.7 Å². The van der Waals surface area contributed by atoms with Gasteiger partial charge in [-0.1, -0.05) is 6.92 Å². The number of nitrogens with one attached hydrogen (secondary N) is 2. The molecule has 0 aliphatic carbocycles. The van der Waals surface area contributed by atoms with Gasteiger partial charge in [0.2, 0.25) is 5.91 Å². The molecule has 1 aliphatic rings. The number of carbonyl (C=O) groups excluding carboxylic acids is 1. The Balaban J connectivity index is 2.00. The number of methoxy groups -OCH3 is 1. The second-order valence-corrected chi connectivity index (χ2v) is 5.37. The van der Waals surface area contributed by atoms with Gasteiger partial charge in [0.05, 0.1) is 26.2 Å². The van der Waals surface area contributed by atoms with Gasteiger partial charge >= 0.3 is 0 Å². The lowest BCUT2D eigenvalue weighted by Crippen LogP contribution is -2.41. The van der Waals surface area contributed by atoms with Crippen LogP contribution in [-0.2, 0) is 9.53 Å². The Morgan fingerprint density at radius 3 is 2.90 bits per heavy atom. The minimum absolute atomic E-state index is 0.00868. The van der Waals surface area contributed by atoms with Crippen LogP contribution in [0.2, 0.25) is 0 Å². The molecule has 1 amide bonds. The molecule has 0 bridgehead atoms. The van der Waals surface area contributed by atoms with Crippen LogP contribution in [0.1, 0.15) is 18.9 Å². The van der Waals surface area contributed by atoms with Crippen molar-refractivity contribution in [1.29, 1.82) is 0 Å². The highest BCUT2D eigenvalue weighted by atomic mass is 16.5. The van der Waals surface area contributed by atoms with Crippen LogP contribution >= 0.6 is 0 Å². The summed E-state index contributed by atoms with van der Waals surface area (Å²) in [4.78, 5) is 12.4. The van der Waals surface area contributed by atoms with Crippen molar-refractivity contribution in [2.45, 2.75) is 26.3 Å². The molecule has 5 nitrogen and oxygen atoms in total. The molecule has 1 heterocycles. The maximum absolute atomic E-state index is 12.4. The third-order valence-corrected chi connectivity index (χ3v) is 3.77. The molecule has 2 unspecified atom stereocenters. The van der Waals surface area contributed by atoms with Crippen LogP contribution in [0.5, 0.6) is 5.75 Å². The van der Waals surface area contributed by atoms with E-state index in [-0.39, 0.29) is 17.9 Å². The largest absolute Gasteiger partial charge is 0.497 e. The first-order valence-corrected chi connectivity index (χ1v) is 7.42. The number of hydrogen-bond acceptors (Lipinski definition) is 4. The second-order valence-electron chi connectivity index (χ2n) is 5.37. The van der Waals surface area contributed by atoms with Crippen molar-refractivity contribution < 1.29 is 14.3 Å². The summed E-state index contributed by atoms with van der Waals surface area (Å²) in [5, 5.41) is 6.37. The summed E-state index contributed by atoms with van der Waals surface area (Å²) in [5.41, 5.74) is 1.81. The zero-order valence-electron chi connectivity index (χ0n) is 12.9. The Kier molecular flexibility index (Phi) is 5.59. The monoisotopic (exact) mass is 292 g/mol. The van der Waals surface area contributed by atoms with Crippen LogP contribution in [0.25, 0.3) is 0 Å². The van der Waals surface area contributed by atoms with Crippen molar-refractivity contribution in [1.82, 2.24) is 5.32 Å². The lowest BCUT2D eigenvalue weighted by molar-refractivity contribution is -0.120. The van der Waals surface area contributed by atoms with Gasteiger partial charge < -0.3 is 20.1 Å². The van der Waals surface area contributed by atoms with Crippen molar-refractivity contribution in [3.63, 3.8) is 0 Å². The van der Waals surface area contributed by atoms with Gasteiger partial charge in [-0.2, -0.15) is 0 Å². The molecule has 0 aromatic heterocycles. The van der Waals surface area contributed by atoms with Crippen molar-refractivity contribution in [2.24, 2.45) is 5.92 Å². The van der Waals surface area contributed by atoms with E-state index in [1.54, 1.807) is 7.11 Å². The van der Waals surface area contributed by atoms with E-state index in [2.05, 4.69) is 17.6 Å². The fraction of sp³-hybridized carbons (Fsp3) is 0.562. The van der Waals surface area contributed by atoms with Crippen LogP contribution in [0, 0.1) is 12.8 Å². The average molecular weight is 292 g/mol. The molecular formula is C16H24N2O3. The first kappa shape index (κ1) is 15.8. The molecule has 0 saturated carbocycles. The van der Waals surface area contributed by atoms with Crippen molar-refractivity contribution in [3.8, 4) is 5.75 Å². The molecular weight excluding hydrogens is 268 g/mol. The Morgan fingerprint density at radius 1 is 1.43 bits per heavy atom. The fourth-order valence-electron chi connectivity index (χ4n) is 2.47. The Hall–Kier alpha value is -1.59. The van der Waals surface area contributed by atoms with E-state index in [1.165, 1.54) is 0 Å². The molecule has 2 N–H and O–H groups in total. The number of benzene rings is 1. The molecule has 1 saturated heterocycles. The van der Waals surface area contributed by atoms with Gasteiger partial charge in [0.15, 0.2) is 0 Å². The average Bonchev–Trinajstić information content (AvgIpc) is 2.95. The number of amides is 1. The summed E-state index contributed by atoms with van der Waals surface area (Å²) in [6, 6.07) is 5.73. The van der Waals surface area contributed by atoms with Crippen LogP contribution in [0.15, 0.2) is 18.2 Å². The predicted octanol–water partition coefficient (Wildman–Crippen LogP) is 1.96. The van der Waals surface area contributed by atoms with Gasteiger partial charge in [-0.15, -0.1) is 0 Å². The molecule has 21 heavy (non-hydrogen) atoms. The lowest BCUT2D eigenvalue weighted by Gasteiger charge is -2.19. The third kappa shape index (κ3) is 3.95. The zero-order chi connectivity index (χ0) is 15.2. The number of aryl methyl sites for hydroxylation is 1. The maximum Gasteiger partial charge on any atom is 0.231 e. The first-order valence-electron chi connectivity index (χ1n) is 7.42. The summed E-state index contributed by atoms with van der Waals surface area (Å²) in [7, 11) is 1.63. The normalized spacial score (nSPS) is 21.3. The highest BCUT2D eigenvalue weighted by molar-refractivity contribution is 5.94. The molecule has 0 radical (unpaired) electrons. The number of anilines is 1. The van der Waals surface area contributed by atoms with E-state index < -0.39 is 0 Å². The zero-order valence-corrected chi connectivity index (χ0v) is 12.9. The van der Waals surface area contributed by atoms with Crippen LogP contribution < -0.4 is 15.4 Å². The van der Waals surface area contributed by atoms with Gasteiger partial charge in [-0.05, 0) is 43.7 Å². The molecule has 116 valence electrons. The quantitative estimate of drug-likeness (QED) is 0.841. The van der Waals surface area contributed by atoms with Gasteiger partial charge in [0.25, 0.3) is 0 Å². The Bertz CT molecular complexity index is 490. The van der Waals surface area contributed by atoms with Crippen molar-refractivity contribution >= 4 is 11.6 Å². The number of rotatable bonds is 6. The van der Waals surface area contributed by atoms with Gasteiger partial charge in [-0.3, -0.25) is 4.79 Å².